The fraction of sp³-hybridized carbons (Fsp3) is 0.333. The number of aromatic amines is 1. The molecule has 2 aromatic rings. The van der Waals surface area contributed by atoms with Gasteiger partial charge in [0, 0.05) is 5.69 Å². The first-order valence-corrected chi connectivity index (χ1v) is 6.88. The number of aromatic nitrogens is 2. The predicted molar refractivity (Wildman–Crippen MR) is 84.2 cm³/mol. The quantitative estimate of drug-likeness (QED) is 0.760. The van der Waals surface area contributed by atoms with E-state index in [-0.39, 0.29) is 24.4 Å². The van der Waals surface area contributed by atoms with Crippen molar-refractivity contribution in [3.63, 3.8) is 0 Å². The standard InChI is InChI=1S/C15H18N4O.ClH/c16-12-6-4-10(5-7-12)8-14(20)18-13-3-1-2-11-9-17-19-15(11)13;/h4-7,9,13H,1-3,8,16H2,(H,17,19)(H,18,20);1H. The smallest absolute Gasteiger partial charge is 0.224 e. The van der Waals surface area contributed by atoms with Crippen molar-refractivity contribution in [1.82, 2.24) is 15.5 Å². The summed E-state index contributed by atoms with van der Waals surface area (Å²) >= 11 is 0. The molecule has 0 fully saturated rings. The molecule has 3 rings (SSSR count). The van der Waals surface area contributed by atoms with Gasteiger partial charge in [0.2, 0.25) is 5.91 Å². The average Bonchev–Trinajstić information content (AvgIpc) is 2.91. The number of amides is 1. The van der Waals surface area contributed by atoms with Crippen LogP contribution in [0.15, 0.2) is 30.5 Å². The molecular formula is C15H19ClN4O. The number of nitrogen functional groups attached to an aromatic ring is 1. The van der Waals surface area contributed by atoms with Crippen molar-refractivity contribution < 1.29 is 4.79 Å². The minimum atomic E-state index is 0. The lowest BCUT2D eigenvalue weighted by Gasteiger charge is -2.22. The van der Waals surface area contributed by atoms with E-state index in [2.05, 4.69) is 15.5 Å². The van der Waals surface area contributed by atoms with Gasteiger partial charge in [-0.25, -0.2) is 0 Å². The number of hydrogen-bond acceptors (Lipinski definition) is 3. The van der Waals surface area contributed by atoms with Crippen LogP contribution in [-0.4, -0.2) is 16.1 Å². The number of anilines is 1. The Balaban J connectivity index is 0.00000161. The number of H-pyrrole nitrogens is 1. The van der Waals surface area contributed by atoms with Crippen LogP contribution in [0.5, 0.6) is 0 Å². The molecule has 1 atom stereocenters. The first-order chi connectivity index (χ1) is 9.72. The maximum atomic E-state index is 12.1. The summed E-state index contributed by atoms with van der Waals surface area (Å²) in [7, 11) is 0. The van der Waals surface area contributed by atoms with E-state index in [4.69, 9.17) is 5.73 Å². The van der Waals surface area contributed by atoms with Gasteiger partial charge < -0.3 is 11.1 Å². The third-order valence-corrected chi connectivity index (χ3v) is 3.72. The Kier molecular flexibility index (Phi) is 4.85. The Labute approximate surface area is 129 Å². The van der Waals surface area contributed by atoms with Gasteiger partial charge in [-0.15, -0.1) is 12.4 Å². The molecular weight excluding hydrogens is 288 g/mol. The fourth-order valence-electron chi connectivity index (χ4n) is 2.67. The van der Waals surface area contributed by atoms with E-state index < -0.39 is 0 Å². The Bertz CT molecular complexity index is 608. The topological polar surface area (TPSA) is 83.8 Å². The maximum absolute atomic E-state index is 12.1. The molecule has 21 heavy (non-hydrogen) atoms. The van der Waals surface area contributed by atoms with Crippen molar-refractivity contribution >= 4 is 24.0 Å². The highest BCUT2D eigenvalue weighted by atomic mass is 35.5. The van der Waals surface area contributed by atoms with Crippen LogP contribution < -0.4 is 11.1 Å². The minimum absolute atomic E-state index is 0. The molecule has 4 N–H and O–H groups in total. The molecule has 0 saturated carbocycles. The summed E-state index contributed by atoms with van der Waals surface area (Å²) < 4.78 is 0. The summed E-state index contributed by atoms with van der Waals surface area (Å²) in [6.07, 6.45) is 5.31. The van der Waals surface area contributed by atoms with Crippen LogP contribution in [0.4, 0.5) is 5.69 Å². The van der Waals surface area contributed by atoms with Gasteiger partial charge in [-0.2, -0.15) is 5.10 Å². The first kappa shape index (κ1) is 15.4. The second kappa shape index (κ2) is 6.63. The van der Waals surface area contributed by atoms with E-state index in [9.17, 15) is 4.79 Å². The number of hydrogen-bond donors (Lipinski definition) is 3. The summed E-state index contributed by atoms with van der Waals surface area (Å²) in [5.74, 6) is 0.0298. The number of nitrogens with zero attached hydrogens (tertiary/aromatic N) is 1. The number of aryl methyl sites for hydroxylation is 1. The van der Waals surface area contributed by atoms with Crippen LogP contribution in [0.1, 0.15) is 35.7 Å². The number of fused-ring (bicyclic) bond motifs is 1. The largest absolute Gasteiger partial charge is 0.399 e. The highest BCUT2D eigenvalue weighted by molar-refractivity contribution is 5.85. The molecule has 1 aliphatic rings. The highest BCUT2D eigenvalue weighted by Gasteiger charge is 2.23. The molecule has 1 unspecified atom stereocenters. The third kappa shape index (κ3) is 3.55. The molecule has 1 heterocycles. The monoisotopic (exact) mass is 306 g/mol. The van der Waals surface area contributed by atoms with Crippen molar-refractivity contribution in [2.24, 2.45) is 0 Å². The van der Waals surface area contributed by atoms with Crippen molar-refractivity contribution in [3.8, 4) is 0 Å². The molecule has 6 heteroatoms. The van der Waals surface area contributed by atoms with Gasteiger partial charge in [0.05, 0.1) is 24.4 Å². The second-order valence-corrected chi connectivity index (χ2v) is 5.24. The molecule has 0 aliphatic heterocycles. The molecule has 0 radical (unpaired) electrons. The molecule has 112 valence electrons. The lowest BCUT2D eigenvalue weighted by atomic mass is 9.93. The number of halogens is 1. The van der Waals surface area contributed by atoms with Crippen LogP contribution in [0.25, 0.3) is 0 Å². The lowest BCUT2D eigenvalue weighted by Crippen LogP contribution is -2.32. The zero-order valence-corrected chi connectivity index (χ0v) is 12.5. The number of nitrogens with one attached hydrogen (secondary N) is 2. The fourth-order valence-corrected chi connectivity index (χ4v) is 2.67. The van der Waals surface area contributed by atoms with Crippen LogP contribution in [0.2, 0.25) is 0 Å². The van der Waals surface area contributed by atoms with Crippen LogP contribution >= 0.6 is 12.4 Å². The molecule has 0 saturated heterocycles. The Morgan fingerprint density at radius 1 is 1.38 bits per heavy atom. The van der Waals surface area contributed by atoms with E-state index in [1.54, 1.807) is 0 Å². The van der Waals surface area contributed by atoms with Crippen molar-refractivity contribution in [3.05, 3.63) is 47.3 Å². The zero-order chi connectivity index (χ0) is 13.9. The summed E-state index contributed by atoms with van der Waals surface area (Å²) in [6, 6.07) is 7.46. The Hall–Kier alpha value is -2.01. The molecule has 0 bridgehead atoms. The summed E-state index contributed by atoms with van der Waals surface area (Å²) in [5.41, 5.74) is 9.59. The Morgan fingerprint density at radius 3 is 2.90 bits per heavy atom. The number of nitrogens with two attached hydrogens (primary N) is 1. The second-order valence-electron chi connectivity index (χ2n) is 5.24. The van der Waals surface area contributed by atoms with Crippen LogP contribution in [0, 0.1) is 0 Å². The van der Waals surface area contributed by atoms with Crippen LogP contribution in [-0.2, 0) is 17.6 Å². The van der Waals surface area contributed by atoms with E-state index in [0.717, 1.165) is 30.5 Å². The predicted octanol–water partition coefficient (Wildman–Crippen LogP) is 2.15. The number of rotatable bonds is 3. The number of carbonyl (C=O) groups excluding carboxylic acids is 1. The minimum Gasteiger partial charge on any atom is -0.399 e. The van der Waals surface area contributed by atoms with Gasteiger partial charge in [0.15, 0.2) is 0 Å². The van der Waals surface area contributed by atoms with Gasteiger partial charge in [-0.1, -0.05) is 12.1 Å². The SMILES string of the molecule is Cl.Nc1ccc(CC(=O)NC2CCCc3cn[nH]c32)cc1. The van der Waals surface area contributed by atoms with Gasteiger partial charge in [0.25, 0.3) is 0 Å². The maximum Gasteiger partial charge on any atom is 0.224 e. The van der Waals surface area contributed by atoms with E-state index in [0.29, 0.717) is 12.1 Å². The summed E-state index contributed by atoms with van der Waals surface area (Å²) in [5, 5.41) is 10.2. The van der Waals surface area contributed by atoms with Crippen molar-refractivity contribution in [2.75, 3.05) is 5.73 Å². The molecule has 5 nitrogen and oxygen atoms in total. The van der Waals surface area contributed by atoms with Gasteiger partial charge in [0.1, 0.15) is 0 Å². The normalized spacial score (nSPS) is 16.7. The first-order valence-electron chi connectivity index (χ1n) is 6.88. The third-order valence-electron chi connectivity index (χ3n) is 3.72. The Morgan fingerprint density at radius 2 is 2.14 bits per heavy atom. The molecule has 1 amide bonds. The molecule has 0 spiro atoms. The van der Waals surface area contributed by atoms with E-state index in [1.807, 2.05) is 30.5 Å². The summed E-state index contributed by atoms with van der Waals surface area (Å²) in [6.45, 7) is 0. The van der Waals surface area contributed by atoms with Crippen molar-refractivity contribution in [1.29, 1.82) is 0 Å². The number of benzene rings is 1. The zero-order valence-electron chi connectivity index (χ0n) is 11.6. The van der Waals surface area contributed by atoms with E-state index in [1.165, 1.54) is 5.56 Å². The highest BCUT2D eigenvalue weighted by Crippen LogP contribution is 2.27. The van der Waals surface area contributed by atoms with Gasteiger partial charge in [-0.05, 0) is 42.5 Å². The van der Waals surface area contributed by atoms with Crippen LogP contribution in [0.3, 0.4) is 0 Å². The van der Waals surface area contributed by atoms with Gasteiger partial charge in [-0.3, -0.25) is 9.89 Å². The van der Waals surface area contributed by atoms with Gasteiger partial charge >= 0.3 is 0 Å². The lowest BCUT2D eigenvalue weighted by molar-refractivity contribution is -0.121. The molecule has 1 aromatic heterocycles. The number of carbonyl (C=O) groups is 1. The van der Waals surface area contributed by atoms with E-state index >= 15 is 0 Å². The van der Waals surface area contributed by atoms with Crippen molar-refractivity contribution in [2.45, 2.75) is 31.7 Å². The average molecular weight is 307 g/mol. The molecule has 1 aliphatic carbocycles. The summed E-state index contributed by atoms with van der Waals surface area (Å²) in [4.78, 5) is 12.1. The molecule has 1 aromatic carbocycles.